The summed E-state index contributed by atoms with van der Waals surface area (Å²) in [7, 11) is 0. The van der Waals surface area contributed by atoms with Gasteiger partial charge in [0, 0.05) is 24.5 Å². The summed E-state index contributed by atoms with van der Waals surface area (Å²) < 4.78 is 20.3. The molecule has 0 aliphatic carbocycles. The van der Waals surface area contributed by atoms with Crippen molar-refractivity contribution in [1.82, 2.24) is 4.90 Å². The lowest BCUT2D eigenvalue weighted by Gasteiger charge is -2.48. The second kappa shape index (κ2) is 16.8. The molecular formula is C41H42BrNO3. The number of benzene rings is 5. The van der Waals surface area contributed by atoms with Crippen LogP contribution in [0.1, 0.15) is 22.3 Å². The molecule has 4 nitrogen and oxygen atoms in total. The van der Waals surface area contributed by atoms with Crippen LogP contribution >= 0.6 is 15.9 Å². The minimum absolute atomic E-state index is 0.115. The van der Waals surface area contributed by atoms with Crippen molar-refractivity contribution in [3.8, 4) is 11.1 Å². The fraction of sp³-hybridized carbons (Fsp3) is 0.268. The molecule has 0 bridgehead atoms. The molecule has 46 heavy (non-hydrogen) atoms. The lowest BCUT2D eigenvalue weighted by molar-refractivity contribution is -0.199. The minimum Gasteiger partial charge on any atom is -0.369 e. The van der Waals surface area contributed by atoms with Crippen molar-refractivity contribution in [2.75, 3.05) is 18.4 Å². The van der Waals surface area contributed by atoms with Crippen molar-refractivity contribution in [2.24, 2.45) is 0 Å². The van der Waals surface area contributed by atoms with Crippen LogP contribution in [0.5, 0.6) is 0 Å². The van der Waals surface area contributed by atoms with E-state index in [2.05, 4.69) is 148 Å². The van der Waals surface area contributed by atoms with E-state index in [0.717, 1.165) is 41.5 Å². The SMILES string of the molecule is BrC[C@@H]1[C@@H](OCc2ccccc2)[C@H](OCc2ccccc2)[C@@H](OCc2ccccc2)CN1CCc1ccc(-c2ccccc2)cc1. The number of nitrogens with zero attached hydrogens (tertiary/aromatic N) is 1. The molecule has 0 spiro atoms. The Hall–Kier alpha value is -3.58. The molecule has 1 aliphatic rings. The highest BCUT2D eigenvalue weighted by Crippen LogP contribution is 2.30. The Balaban J connectivity index is 1.23. The van der Waals surface area contributed by atoms with Gasteiger partial charge in [-0.2, -0.15) is 0 Å². The number of hydrogen-bond acceptors (Lipinski definition) is 4. The zero-order chi connectivity index (χ0) is 31.4. The summed E-state index contributed by atoms with van der Waals surface area (Å²) in [4.78, 5) is 2.54. The van der Waals surface area contributed by atoms with Crippen LogP contribution in [-0.2, 0) is 40.5 Å². The fourth-order valence-electron chi connectivity index (χ4n) is 6.18. The average Bonchev–Trinajstić information content (AvgIpc) is 3.13. The topological polar surface area (TPSA) is 30.9 Å². The quantitative estimate of drug-likeness (QED) is 0.110. The van der Waals surface area contributed by atoms with Gasteiger partial charge in [0.15, 0.2) is 0 Å². The normalized spacial score (nSPS) is 20.0. The van der Waals surface area contributed by atoms with Crippen molar-refractivity contribution < 1.29 is 14.2 Å². The predicted molar refractivity (Wildman–Crippen MR) is 190 cm³/mol. The molecule has 6 rings (SSSR count). The first-order chi connectivity index (χ1) is 22.8. The molecule has 1 aliphatic heterocycles. The van der Waals surface area contributed by atoms with E-state index in [0.29, 0.717) is 19.8 Å². The van der Waals surface area contributed by atoms with Gasteiger partial charge in [0.1, 0.15) is 12.2 Å². The standard InChI is InChI=1S/C41H42BrNO3/c42-27-38-40(45-30-34-15-7-2-8-16-34)41(46-31-35-17-9-3-10-18-35)39(44-29-33-13-5-1-6-14-33)28-43(38)26-25-32-21-23-37(24-22-32)36-19-11-4-12-20-36/h1-24,38-41H,25-31H2/t38-,39+,40-,41-/m1/s1. The van der Waals surface area contributed by atoms with E-state index < -0.39 is 0 Å². The van der Waals surface area contributed by atoms with Gasteiger partial charge in [-0.1, -0.05) is 162 Å². The van der Waals surface area contributed by atoms with Gasteiger partial charge < -0.3 is 14.2 Å². The number of hydrogen-bond donors (Lipinski definition) is 0. The third kappa shape index (κ3) is 8.81. The fourth-order valence-corrected chi connectivity index (χ4v) is 6.96. The van der Waals surface area contributed by atoms with E-state index in [1.165, 1.54) is 16.7 Å². The Labute approximate surface area is 282 Å². The van der Waals surface area contributed by atoms with Crippen molar-refractivity contribution in [3.05, 3.63) is 168 Å². The number of alkyl halides is 1. The molecule has 0 radical (unpaired) electrons. The molecular weight excluding hydrogens is 634 g/mol. The van der Waals surface area contributed by atoms with E-state index in [-0.39, 0.29) is 24.4 Å². The van der Waals surface area contributed by atoms with Crippen molar-refractivity contribution in [2.45, 2.75) is 50.6 Å². The maximum absolute atomic E-state index is 6.83. The molecule has 1 saturated heterocycles. The van der Waals surface area contributed by atoms with Gasteiger partial charge in [-0.25, -0.2) is 0 Å². The molecule has 0 unspecified atom stereocenters. The Bertz CT molecular complexity index is 1570. The van der Waals surface area contributed by atoms with Crippen molar-refractivity contribution in [3.63, 3.8) is 0 Å². The molecule has 4 atom stereocenters. The number of halogens is 1. The van der Waals surface area contributed by atoms with Crippen LogP contribution in [-0.4, -0.2) is 47.7 Å². The maximum Gasteiger partial charge on any atom is 0.113 e. The van der Waals surface area contributed by atoms with E-state index in [1.54, 1.807) is 0 Å². The Kier molecular flexibility index (Phi) is 11.8. The van der Waals surface area contributed by atoms with Crippen LogP contribution in [0.4, 0.5) is 0 Å². The molecule has 1 heterocycles. The Morgan fingerprint density at radius 3 is 1.48 bits per heavy atom. The lowest BCUT2D eigenvalue weighted by atomic mass is 9.93. The number of rotatable bonds is 14. The second-order valence-corrected chi connectivity index (χ2v) is 12.5. The largest absolute Gasteiger partial charge is 0.369 e. The summed E-state index contributed by atoms with van der Waals surface area (Å²) in [5.41, 5.74) is 7.24. The third-order valence-corrected chi connectivity index (χ3v) is 9.40. The molecule has 0 amide bonds. The molecule has 236 valence electrons. The Morgan fingerprint density at radius 2 is 0.957 bits per heavy atom. The number of ether oxygens (including phenoxy) is 3. The van der Waals surface area contributed by atoms with E-state index in [9.17, 15) is 0 Å². The smallest absolute Gasteiger partial charge is 0.113 e. The molecule has 0 aromatic heterocycles. The second-order valence-electron chi connectivity index (χ2n) is 11.9. The molecule has 5 aromatic carbocycles. The predicted octanol–water partition coefficient (Wildman–Crippen LogP) is 8.73. The summed E-state index contributed by atoms with van der Waals surface area (Å²) in [6, 6.07) is 50.8. The van der Waals surface area contributed by atoms with Gasteiger partial charge in [0.05, 0.1) is 25.9 Å². The third-order valence-electron chi connectivity index (χ3n) is 8.74. The molecule has 0 N–H and O–H groups in total. The van der Waals surface area contributed by atoms with Gasteiger partial charge in [-0.15, -0.1) is 0 Å². The average molecular weight is 677 g/mol. The van der Waals surface area contributed by atoms with Crippen molar-refractivity contribution >= 4 is 15.9 Å². The lowest BCUT2D eigenvalue weighted by Crippen LogP contribution is -2.64. The van der Waals surface area contributed by atoms with Crippen LogP contribution in [0, 0.1) is 0 Å². The summed E-state index contributed by atoms with van der Waals surface area (Å²) in [6.07, 6.45) is 0.334. The first-order valence-electron chi connectivity index (χ1n) is 16.2. The summed E-state index contributed by atoms with van der Waals surface area (Å²) in [5, 5.41) is 0.774. The Morgan fingerprint density at radius 1 is 0.500 bits per heavy atom. The van der Waals surface area contributed by atoms with Crippen LogP contribution in [0.25, 0.3) is 11.1 Å². The first-order valence-corrected chi connectivity index (χ1v) is 17.3. The van der Waals surface area contributed by atoms with E-state index in [1.807, 2.05) is 18.2 Å². The van der Waals surface area contributed by atoms with Gasteiger partial charge in [-0.05, 0) is 39.8 Å². The highest BCUT2D eigenvalue weighted by atomic mass is 79.9. The van der Waals surface area contributed by atoms with E-state index in [4.69, 9.17) is 14.2 Å². The van der Waals surface area contributed by atoms with Crippen LogP contribution in [0.15, 0.2) is 146 Å². The van der Waals surface area contributed by atoms with Crippen LogP contribution < -0.4 is 0 Å². The maximum atomic E-state index is 6.83. The number of piperidine rings is 1. The monoisotopic (exact) mass is 675 g/mol. The minimum atomic E-state index is -0.239. The van der Waals surface area contributed by atoms with Gasteiger partial charge in [0.2, 0.25) is 0 Å². The molecule has 5 heteroatoms. The molecule has 5 aromatic rings. The van der Waals surface area contributed by atoms with Gasteiger partial charge >= 0.3 is 0 Å². The van der Waals surface area contributed by atoms with Crippen LogP contribution in [0.3, 0.4) is 0 Å². The van der Waals surface area contributed by atoms with Gasteiger partial charge in [0.25, 0.3) is 0 Å². The van der Waals surface area contributed by atoms with Gasteiger partial charge in [-0.3, -0.25) is 4.90 Å². The summed E-state index contributed by atoms with van der Waals surface area (Å²) >= 11 is 3.88. The number of likely N-dealkylation sites (tertiary alicyclic amines) is 1. The highest BCUT2D eigenvalue weighted by molar-refractivity contribution is 9.09. The van der Waals surface area contributed by atoms with Crippen LogP contribution in [0.2, 0.25) is 0 Å². The van der Waals surface area contributed by atoms with Crippen molar-refractivity contribution in [1.29, 1.82) is 0 Å². The highest BCUT2D eigenvalue weighted by Gasteiger charge is 2.45. The first kappa shape index (κ1) is 32.4. The summed E-state index contributed by atoms with van der Waals surface area (Å²) in [6.45, 7) is 3.19. The molecule has 1 fully saturated rings. The zero-order valence-corrected chi connectivity index (χ0v) is 27.8. The van der Waals surface area contributed by atoms with E-state index >= 15 is 0 Å². The molecule has 0 saturated carbocycles. The zero-order valence-electron chi connectivity index (χ0n) is 26.2. The summed E-state index contributed by atoms with van der Waals surface area (Å²) in [5.74, 6) is 0.